The number of carbonyl (C=O) groups is 2. The van der Waals surface area contributed by atoms with Crippen LogP contribution >= 0.6 is 11.3 Å². The minimum atomic E-state index is -0.555. The Kier molecular flexibility index (Phi) is 7.68. The Bertz CT molecular complexity index is 1690. The molecule has 2 amide bonds. The Morgan fingerprint density at radius 1 is 1.17 bits per heavy atom. The number of rotatable bonds is 7. The summed E-state index contributed by atoms with van der Waals surface area (Å²) < 4.78 is 7.57. The van der Waals surface area contributed by atoms with Crippen molar-refractivity contribution in [3.63, 3.8) is 0 Å². The summed E-state index contributed by atoms with van der Waals surface area (Å²) in [4.78, 5) is 33.0. The van der Waals surface area contributed by atoms with Crippen molar-refractivity contribution in [3.8, 4) is 17.3 Å². The lowest BCUT2D eigenvalue weighted by Crippen LogP contribution is -2.32. The molecule has 208 valence electrons. The third kappa shape index (κ3) is 5.41. The summed E-state index contributed by atoms with van der Waals surface area (Å²) >= 11 is 1.44. The van der Waals surface area contributed by atoms with Crippen molar-refractivity contribution in [1.29, 1.82) is 5.26 Å². The average Bonchev–Trinajstić information content (AvgIpc) is 3.73. The highest BCUT2D eigenvalue weighted by Gasteiger charge is 2.28. The summed E-state index contributed by atoms with van der Waals surface area (Å²) in [5, 5.41) is 16.5. The largest absolute Gasteiger partial charge is 0.376 e. The van der Waals surface area contributed by atoms with Crippen LogP contribution in [0.2, 0.25) is 0 Å². The molecule has 41 heavy (non-hydrogen) atoms. The number of nitrogens with one attached hydrogen (secondary N) is 2. The van der Waals surface area contributed by atoms with Gasteiger partial charge in [0.05, 0.1) is 23.1 Å². The average molecular weight is 566 g/mol. The molecule has 2 N–H and O–H groups in total. The standard InChI is InChI=1S/C32H31N5O3S/c1-20-9-7-15-37-25(28(35-29(20)37)21-10-3-2-4-11-21)17-22(18-33)30(38)36-32-27(24-13-5-6-14-26(24)41-32)31(39)34-19-23-12-8-16-40-23/h2-4,7,9-11,15,17,23H,5-6,8,12-14,16,19H2,1H3,(H,34,39)(H,36,38)/b22-17+/t23-/m1/s1. The Morgan fingerprint density at radius 3 is 2.78 bits per heavy atom. The molecule has 8 nitrogen and oxygen atoms in total. The van der Waals surface area contributed by atoms with Gasteiger partial charge in [0, 0.05) is 29.8 Å². The van der Waals surface area contributed by atoms with Gasteiger partial charge >= 0.3 is 0 Å². The maximum atomic E-state index is 13.6. The van der Waals surface area contributed by atoms with E-state index in [1.54, 1.807) is 6.08 Å². The summed E-state index contributed by atoms with van der Waals surface area (Å²) in [6.07, 6.45) is 9.14. The van der Waals surface area contributed by atoms with Crippen LogP contribution < -0.4 is 10.6 Å². The maximum absolute atomic E-state index is 13.6. The topological polar surface area (TPSA) is 109 Å². The van der Waals surface area contributed by atoms with Crippen LogP contribution in [-0.2, 0) is 22.4 Å². The number of imidazole rings is 1. The van der Waals surface area contributed by atoms with Crippen molar-refractivity contribution in [2.45, 2.75) is 51.6 Å². The zero-order valence-electron chi connectivity index (χ0n) is 22.9. The molecule has 1 saturated heterocycles. The summed E-state index contributed by atoms with van der Waals surface area (Å²) in [6.45, 7) is 3.14. The number of pyridine rings is 1. The second-order valence-electron chi connectivity index (χ2n) is 10.5. The first-order valence-corrected chi connectivity index (χ1v) is 14.9. The van der Waals surface area contributed by atoms with E-state index < -0.39 is 5.91 Å². The van der Waals surface area contributed by atoms with Gasteiger partial charge in [-0.05, 0) is 68.7 Å². The lowest BCUT2D eigenvalue weighted by Gasteiger charge is -2.15. The lowest BCUT2D eigenvalue weighted by molar-refractivity contribution is -0.112. The van der Waals surface area contributed by atoms with Gasteiger partial charge in [-0.2, -0.15) is 5.26 Å². The van der Waals surface area contributed by atoms with E-state index in [0.29, 0.717) is 28.5 Å². The van der Waals surface area contributed by atoms with E-state index >= 15 is 0 Å². The molecule has 0 spiro atoms. The van der Waals surface area contributed by atoms with Gasteiger partial charge in [-0.15, -0.1) is 11.3 Å². The molecular formula is C32H31N5O3S. The molecule has 1 aliphatic heterocycles. The van der Waals surface area contributed by atoms with E-state index in [1.807, 2.05) is 60.0 Å². The number of aryl methyl sites for hydroxylation is 2. The molecule has 1 aliphatic carbocycles. The smallest absolute Gasteiger partial charge is 0.267 e. The predicted molar refractivity (Wildman–Crippen MR) is 160 cm³/mol. The second-order valence-corrected chi connectivity index (χ2v) is 11.6. The lowest BCUT2D eigenvalue weighted by atomic mass is 9.95. The van der Waals surface area contributed by atoms with Crippen molar-refractivity contribution in [3.05, 3.63) is 81.5 Å². The van der Waals surface area contributed by atoms with Crippen molar-refractivity contribution < 1.29 is 14.3 Å². The van der Waals surface area contributed by atoms with Crippen LogP contribution in [0.25, 0.3) is 23.0 Å². The molecule has 0 saturated carbocycles. The van der Waals surface area contributed by atoms with Crippen LogP contribution in [0.15, 0.2) is 54.2 Å². The van der Waals surface area contributed by atoms with Crippen LogP contribution in [-0.4, -0.2) is 40.5 Å². The van der Waals surface area contributed by atoms with E-state index in [4.69, 9.17) is 9.72 Å². The molecule has 0 unspecified atom stereocenters. The predicted octanol–water partition coefficient (Wildman–Crippen LogP) is 5.70. The van der Waals surface area contributed by atoms with Crippen molar-refractivity contribution in [1.82, 2.24) is 14.7 Å². The number of nitrogens with zero attached hydrogens (tertiary/aromatic N) is 3. The van der Waals surface area contributed by atoms with Gasteiger partial charge in [0.25, 0.3) is 11.8 Å². The highest BCUT2D eigenvalue weighted by atomic mass is 32.1. The maximum Gasteiger partial charge on any atom is 0.267 e. The monoisotopic (exact) mass is 565 g/mol. The number of hydrogen-bond donors (Lipinski definition) is 2. The van der Waals surface area contributed by atoms with Gasteiger partial charge in [-0.1, -0.05) is 36.4 Å². The molecule has 0 bridgehead atoms. The molecule has 4 aromatic rings. The van der Waals surface area contributed by atoms with E-state index in [2.05, 4.69) is 16.7 Å². The van der Waals surface area contributed by atoms with Gasteiger partial charge in [0.15, 0.2) is 0 Å². The van der Waals surface area contributed by atoms with Crippen molar-refractivity contribution in [2.75, 3.05) is 18.5 Å². The fourth-order valence-electron chi connectivity index (χ4n) is 5.62. The number of fused-ring (bicyclic) bond motifs is 2. The Hall–Kier alpha value is -4.26. The number of nitriles is 1. The number of benzene rings is 1. The summed E-state index contributed by atoms with van der Waals surface area (Å²) in [6, 6.07) is 15.7. The minimum Gasteiger partial charge on any atom is -0.376 e. The molecule has 1 aromatic carbocycles. The Morgan fingerprint density at radius 2 is 2.00 bits per heavy atom. The highest BCUT2D eigenvalue weighted by Crippen LogP contribution is 2.38. The Balaban J connectivity index is 1.34. The molecule has 1 fully saturated rings. The van der Waals surface area contributed by atoms with Crippen molar-refractivity contribution in [2.24, 2.45) is 0 Å². The van der Waals surface area contributed by atoms with Crippen LogP contribution in [0, 0.1) is 18.3 Å². The van der Waals surface area contributed by atoms with Crippen molar-refractivity contribution >= 4 is 39.9 Å². The molecule has 6 rings (SSSR count). The van der Waals surface area contributed by atoms with Gasteiger partial charge in [-0.3, -0.25) is 14.0 Å². The normalized spacial score (nSPS) is 16.8. The highest BCUT2D eigenvalue weighted by molar-refractivity contribution is 7.17. The number of carbonyl (C=O) groups excluding carboxylic acids is 2. The number of anilines is 1. The second kappa shape index (κ2) is 11.7. The van der Waals surface area contributed by atoms with Gasteiger partial charge in [0.1, 0.15) is 22.3 Å². The Labute approximate surface area is 242 Å². The quantitative estimate of drug-likeness (QED) is 0.221. The molecule has 1 atom stereocenters. The third-order valence-electron chi connectivity index (χ3n) is 7.72. The summed E-state index contributed by atoms with van der Waals surface area (Å²) in [7, 11) is 0. The zero-order valence-corrected chi connectivity index (χ0v) is 23.7. The molecule has 3 aromatic heterocycles. The van der Waals surface area contributed by atoms with Crippen LogP contribution in [0.5, 0.6) is 0 Å². The third-order valence-corrected chi connectivity index (χ3v) is 8.92. The summed E-state index contributed by atoms with van der Waals surface area (Å²) in [5.41, 5.74) is 5.40. The molecule has 0 radical (unpaired) electrons. The van der Waals surface area contributed by atoms with Crippen LogP contribution in [0.1, 0.15) is 57.7 Å². The van der Waals surface area contributed by atoms with Crippen LogP contribution in [0.4, 0.5) is 5.00 Å². The molecule has 2 aliphatic rings. The first-order valence-electron chi connectivity index (χ1n) is 14.0. The number of thiophene rings is 1. The number of aromatic nitrogens is 2. The van der Waals surface area contributed by atoms with E-state index in [9.17, 15) is 14.9 Å². The SMILES string of the molecule is Cc1cccn2c(/C=C(\C#N)C(=O)Nc3sc4c(c3C(=O)NC[C@H]3CCCO3)CCCC4)c(-c3ccccc3)nc12. The van der Waals surface area contributed by atoms with Gasteiger partial charge < -0.3 is 15.4 Å². The number of ether oxygens (including phenoxy) is 1. The van der Waals surface area contributed by atoms with Gasteiger partial charge in [0.2, 0.25) is 0 Å². The minimum absolute atomic E-state index is 0.0208. The fourth-order valence-corrected chi connectivity index (χ4v) is 6.90. The fraction of sp³-hybridized carbons (Fsp3) is 0.312. The van der Waals surface area contributed by atoms with E-state index in [0.717, 1.165) is 72.3 Å². The first-order chi connectivity index (χ1) is 20.0. The molecular weight excluding hydrogens is 534 g/mol. The van der Waals surface area contributed by atoms with E-state index in [1.165, 1.54) is 11.3 Å². The first kappa shape index (κ1) is 26.9. The van der Waals surface area contributed by atoms with E-state index in [-0.39, 0.29) is 17.6 Å². The zero-order chi connectivity index (χ0) is 28.3. The van der Waals surface area contributed by atoms with Gasteiger partial charge in [-0.25, -0.2) is 4.98 Å². The molecule has 9 heteroatoms. The molecule has 4 heterocycles. The summed E-state index contributed by atoms with van der Waals surface area (Å²) in [5.74, 6) is -0.762. The van der Waals surface area contributed by atoms with Crippen LogP contribution in [0.3, 0.4) is 0 Å². The number of amides is 2. The number of hydrogen-bond acceptors (Lipinski definition) is 6.